The van der Waals surface area contributed by atoms with E-state index >= 15 is 0 Å². The minimum Gasteiger partial charge on any atom is -0.491 e. The molecule has 19 heavy (non-hydrogen) atoms. The van der Waals surface area contributed by atoms with E-state index in [1.807, 2.05) is 0 Å². The zero-order valence-electron chi connectivity index (χ0n) is 12.9. The number of hydrogen-bond donors (Lipinski definition) is 0. The standard InChI is InChI=1S/C17H27NO/c1-13(2)19-16-8-6-7-15(11-16)17(4)9-10-18(5)12-14(17)3/h6-8,11,13-14H,9-10,12H2,1-5H3/t14-,17?/m0/s1. The monoisotopic (exact) mass is 261 g/mol. The smallest absolute Gasteiger partial charge is 0.119 e. The van der Waals surface area contributed by atoms with Crippen molar-refractivity contribution >= 4 is 0 Å². The maximum atomic E-state index is 5.84. The van der Waals surface area contributed by atoms with Gasteiger partial charge in [0.2, 0.25) is 0 Å². The van der Waals surface area contributed by atoms with Crippen molar-refractivity contribution in [2.24, 2.45) is 5.92 Å². The van der Waals surface area contributed by atoms with Crippen LogP contribution in [0.2, 0.25) is 0 Å². The Morgan fingerprint density at radius 2 is 2.11 bits per heavy atom. The molecule has 1 aromatic rings. The van der Waals surface area contributed by atoms with Crippen LogP contribution in [0.4, 0.5) is 0 Å². The molecular weight excluding hydrogens is 234 g/mol. The van der Waals surface area contributed by atoms with Crippen LogP contribution in [-0.4, -0.2) is 31.1 Å². The number of hydrogen-bond acceptors (Lipinski definition) is 2. The van der Waals surface area contributed by atoms with Gasteiger partial charge in [0, 0.05) is 6.54 Å². The van der Waals surface area contributed by atoms with Gasteiger partial charge in [-0.05, 0) is 62.9 Å². The Morgan fingerprint density at radius 1 is 1.37 bits per heavy atom. The molecule has 0 amide bonds. The van der Waals surface area contributed by atoms with Crippen LogP contribution in [0.25, 0.3) is 0 Å². The molecule has 1 unspecified atom stereocenters. The molecule has 0 radical (unpaired) electrons. The predicted octanol–water partition coefficient (Wildman–Crippen LogP) is 3.70. The lowest BCUT2D eigenvalue weighted by molar-refractivity contribution is 0.133. The number of rotatable bonds is 3. The first-order valence-corrected chi connectivity index (χ1v) is 7.37. The third kappa shape index (κ3) is 3.11. The van der Waals surface area contributed by atoms with Crippen LogP contribution >= 0.6 is 0 Å². The SMILES string of the molecule is CC(C)Oc1cccc(C2(C)CCN(C)C[C@@H]2C)c1. The van der Waals surface area contributed by atoms with Gasteiger partial charge in [-0.25, -0.2) is 0 Å². The van der Waals surface area contributed by atoms with Gasteiger partial charge < -0.3 is 9.64 Å². The molecule has 0 N–H and O–H groups in total. The molecule has 106 valence electrons. The molecule has 0 spiro atoms. The summed E-state index contributed by atoms with van der Waals surface area (Å²) in [6.45, 7) is 11.3. The van der Waals surface area contributed by atoms with Crippen LogP contribution in [0, 0.1) is 5.92 Å². The second-order valence-electron chi connectivity index (χ2n) is 6.53. The largest absolute Gasteiger partial charge is 0.491 e. The molecule has 1 aliphatic heterocycles. The highest BCUT2D eigenvalue weighted by molar-refractivity contribution is 5.34. The molecule has 1 heterocycles. The summed E-state index contributed by atoms with van der Waals surface area (Å²) in [7, 11) is 2.22. The number of ether oxygens (including phenoxy) is 1. The fourth-order valence-electron chi connectivity index (χ4n) is 3.06. The molecule has 1 aromatic carbocycles. The van der Waals surface area contributed by atoms with Crippen molar-refractivity contribution in [2.75, 3.05) is 20.1 Å². The summed E-state index contributed by atoms with van der Waals surface area (Å²) >= 11 is 0. The van der Waals surface area contributed by atoms with Gasteiger partial charge in [0.1, 0.15) is 5.75 Å². The van der Waals surface area contributed by atoms with E-state index < -0.39 is 0 Å². The van der Waals surface area contributed by atoms with E-state index in [-0.39, 0.29) is 11.5 Å². The fourth-order valence-corrected chi connectivity index (χ4v) is 3.06. The molecule has 0 aliphatic carbocycles. The van der Waals surface area contributed by atoms with Crippen molar-refractivity contribution in [3.05, 3.63) is 29.8 Å². The maximum absolute atomic E-state index is 5.84. The Bertz CT molecular complexity index is 429. The Hall–Kier alpha value is -1.02. The molecule has 2 heteroatoms. The van der Waals surface area contributed by atoms with Crippen LogP contribution < -0.4 is 4.74 Å². The van der Waals surface area contributed by atoms with Gasteiger partial charge in [0.15, 0.2) is 0 Å². The van der Waals surface area contributed by atoms with Gasteiger partial charge in [-0.2, -0.15) is 0 Å². The van der Waals surface area contributed by atoms with Gasteiger partial charge in [-0.3, -0.25) is 0 Å². The maximum Gasteiger partial charge on any atom is 0.119 e. The Labute approximate surface area is 117 Å². The lowest BCUT2D eigenvalue weighted by Gasteiger charge is -2.44. The van der Waals surface area contributed by atoms with Crippen LogP contribution in [-0.2, 0) is 5.41 Å². The molecule has 0 saturated carbocycles. The van der Waals surface area contributed by atoms with Gasteiger partial charge in [-0.1, -0.05) is 26.0 Å². The summed E-state index contributed by atoms with van der Waals surface area (Å²) in [6, 6.07) is 8.69. The molecule has 2 nitrogen and oxygen atoms in total. The minimum atomic E-state index is 0.234. The van der Waals surface area contributed by atoms with Gasteiger partial charge in [0.25, 0.3) is 0 Å². The van der Waals surface area contributed by atoms with Crippen molar-refractivity contribution < 1.29 is 4.74 Å². The number of nitrogens with zero attached hydrogens (tertiary/aromatic N) is 1. The van der Waals surface area contributed by atoms with Crippen molar-refractivity contribution in [1.82, 2.24) is 4.90 Å². The second kappa shape index (κ2) is 5.54. The summed E-state index contributed by atoms with van der Waals surface area (Å²) in [6.07, 6.45) is 1.45. The fraction of sp³-hybridized carbons (Fsp3) is 0.647. The molecule has 2 rings (SSSR count). The topological polar surface area (TPSA) is 12.5 Å². The van der Waals surface area contributed by atoms with E-state index in [1.165, 1.54) is 25.1 Å². The van der Waals surface area contributed by atoms with E-state index in [9.17, 15) is 0 Å². The summed E-state index contributed by atoms with van der Waals surface area (Å²) < 4.78 is 5.84. The van der Waals surface area contributed by atoms with E-state index in [0.717, 1.165) is 5.75 Å². The summed E-state index contributed by atoms with van der Waals surface area (Å²) in [5.41, 5.74) is 1.69. The summed E-state index contributed by atoms with van der Waals surface area (Å²) in [5.74, 6) is 1.67. The Balaban J connectivity index is 2.25. The van der Waals surface area contributed by atoms with Crippen molar-refractivity contribution in [2.45, 2.75) is 45.6 Å². The molecule has 0 aromatic heterocycles. The number of likely N-dealkylation sites (tertiary alicyclic amines) is 1. The van der Waals surface area contributed by atoms with Crippen LogP contribution in [0.1, 0.15) is 39.7 Å². The van der Waals surface area contributed by atoms with Crippen molar-refractivity contribution in [3.8, 4) is 5.75 Å². The second-order valence-corrected chi connectivity index (χ2v) is 6.53. The zero-order chi connectivity index (χ0) is 14.0. The Kier molecular flexibility index (Phi) is 4.19. The highest BCUT2D eigenvalue weighted by Gasteiger charge is 2.37. The molecule has 1 aliphatic rings. The lowest BCUT2D eigenvalue weighted by Crippen LogP contribution is -2.45. The van der Waals surface area contributed by atoms with E-state index in [4.69, 9.17) is 4.74 Å². The third-order valence-electron chi connectivity index (χ3n) is 4.55. The van der Waals surface area contributed by atoms with Crippen LogP contribution in [0.15, 0.2) is 24.3 Å². The normalized spacial score (nSPS) is 28.6. The minimum absolute atomic E-state index is 0.234. The first-order chi connectivity index (χ1) is 8.91. The highest BCUT2D eigenvalue weighted by atomic mass is 16.5. The van der Waals surface area contributed by atoms with Crippen molar-refractivity contribution in [3.63, 3.8) is 0 Å². The average molecular weight is 261 g/mol. The molecule has 0 bridgehead atoms. The average Bonchev–Trinajstić information content (AvgIpc) is 2.34. The lowest BCUT2D eigenvalue weighted by atomic mass is 9.68. The van der Waals surface area contributed by atoms with Gasteiger partial charge in [-0.15, -0.1) is 0 Å². The van der Waals surface area contributed by atoms with Crippen LogP contribution in [0.3, 0.4) is 0 Å². The molecule has 1 saturated heterocycles. The highest BCUT2D eigenvalue weighted by Crippen LogP contribution is 2.40. The number of piperidine rings is 1. The molecule has 2 atom stereocenters. The predicted molar refractivity (Wildman–Crippen MR) is 80.8 cm³/mol. The van der Waals surface area contributed by atoms with Gasteiger partial charge in [0.05, 0.1) is 6.10 Å². The summed E-state index contributed by atoms with van der Waals surface area (Å²) in [4.78, 5) is 2.43. The zero-order valence-corrected chi connectivity index (χ0v) is 12.9. The van der Waals surface area contributed by atoms with Crippen molar-refractivity contribution in [1.29, 1.82) is 0 Å². The van der Waals surface area contributed by atoms with E-state index in [1.54, 1.807) is 0 Å². The number of benzene rings is 1. The van der Waals surface area contributed by atoms with Crippen LogP contribution in [0.5, 0.6) is 5.75 Å². The first-order valence-electron chi connectivity index (χ1n) is 7.37. The van der Waals surface area contributed by atoms with E-state index in [0.29, 0.717) is 5.92 Å². The van der Waals surface area contributed by atoms with Gasteiger partial charge >= 0.3 is 0 Å². The third-order valence-corrected chi connectivity index (χ3v) is 4.55. The molecular formula is C17H27NO. The quantitative estimate of drug-likeness (QED) is 0.822. The Morgan fingerprint density at radius 3 is 2.74 bits per heavy atom. The van der Waals surface area contributed by atoms with E-state index in [2.05, 4.69) is 63.9 Å². The molecule has 1 fully saturated rings. The first kappa shape index (κ1) is 14.4. The summed E-state index contributed by atoms with van der Waals surface area (Å²) in [5, 5.41) is 0.